The lowest BCUT2D eigenvalue weighted by Crippen LogP contribution is -2.13. The van der Waals surface area contributed by atoms with Crippen molar-refractivity contribution < 1.29 is 23.6 Å². The topological polar surface area (TPSA) is 91.8 Å². The number of carbonyl (C=O) groups is 1. The van der Waals surface area contributed by atoms with Crippen molar-refractivity contribution in [1.82, 2.24) is 0 Å². The van der Waals surface area contributed by atoms with Crippen LogP contribution in [0.25, 0.3) is 0 Å². The molecular weight excluding hydrogens is 242 g/mol. The summed E-state index contributed by atoms with van der Waals surface area (Å²) in [6.07, 6.45) is 1.62. The van der Waals surface area contributed by atoms with Gasteiger partial charge in [-0.2, -0.15) is 0 Å². The van der Waals surface area contributed by atoms with Gasteiger partial charge in [0.15, 0.2) is 5.75 Å². The van der Waals surface area contributed by atoms with Gasteiger partial charge in [0.25, 0.3) is 5.69 Å². The third-order valence-electron chi connectivity index (χ3n) is 1.94. The van der Waals surface area contributed by atoms with Gasteiger partial charge < -0.3 is 13.9 Å². The van der Waals surface area contributed by atoms with Crippen LogP contribution in [0.1, 0.15) is 0 Å². The summed E-state index contributed by atoms with van der Waals surface area (Å²) in [6.45, 7) is 0. The molecule has 1 heterocycles. The van der Waals surface area contributed by atoms with E-state index < -0.39 is 11.1 Å². The summed E-state index contributed by atoms with van der Waals surface area (Å²) in [5, 5.41) is 10.4. The van der Waals surface area contributed by atoms with Crippen LogP contribution < -0.4 is 9.47 Å². The monoisotopic (exact) mass is 249 g/mol. The van der Waals surface area contributed by atoms with Crippen molar-refractivity contribution in [2.45, 2.75) is 0 Å². The van der Waals surface area contributed by atoms with Crippen LogP contribution in [0.4, 0.5) is 10.5 Å². The Bertz CT molecular complexity index is 545. The molecule has 1 aromatic carbocycles. The van der Waals surface area contributed by atoms with Gasteiger partial charge in [-0.05, 0) is 12.1 Å². The molecule has 2 rings (SSSR count). The molecule has 7 heteroatoms. The first-order valence-corrected chi connectivity index (χ1v) is 4.81. The number of nitrogens with zero attached hydrogens (tertiary/aromatic N) is 1. The van der Waals surface area contributed by atoms with Crippen LogP contribution in [-0.2, 0) is 0 Å². The number of nitro benzene ring substituents is 1. The van der Waals surface area contributed by atoms with Gasteiger partial charge in [-0.3, -0.25) is 10.1 Å². The second-order valence-electron chi connectivity index (χ2n) is 3.16. The largest absolute Gasteiger partial charge is 0.519 e. The third-order valence-corrected chi connectivity index (χ3v) is 1.94. The van der Waals surface area contributed by atoms with E-state index in [-0.39, 0.29) is 17.2 Å². The highest BCUT2D eigenvalue weighted by Gasteiger charge is 2.10. The lowest BCUT2D eigenvalue weighted by Gasteiger charge is -2.02. The lowest BCUT2D eigenvalue weighted by molar-refractivity contribution is -0.384. The second kappa shape index (κ2) is 5.00. The molecule has 0 spiro atoms. The van der Waals surface area contributed by atoms with E-state index in [0.717, 1.165) is 0 Å². The number of furan rings is 1. The first-order valence-electron chi connectivity index (χ1n) is 4.81. The summed E-state index contributed by atoms with van der Waals surface area (Å²) < 4.78 is 14.2. The van der Waals surface area contributed by atoms with Gasteiger partial charge in [-0.15, -0.1) is 0 Å². The first-order chi connectivity index (χ1) is 8.65. The van der Waals surface area contributed by atoms with Gasteiger partial charge >= 0.3 is 6.16 Å². The Hall–Kier alpha value is -2.83. The number of rotatable bonds is 3. The Morgan fingerprint density at radius 1 is 1.11 bits per heavy atom. The van der Waals surface area contributed by atoms with Gasteiger partial charge in [-0.25, -0.2) is 4.79 Å². The zero-order valence-corrected chi connectivity index (χ0v) is 8.94. The van der Waals surface area contributed by atoms with E-state index in [0.29, 0.717) is 0 Å². The summed E-state index contributed by atoms with van der Waals surface area (Å²) in [5.41, 5.74) is -0.0921. The Balaban J connectivity index is 1.97. The van der Waals surface area contributed by atoms with Crippen molar-refractivity contribution in [2.75, 3.05) is 0 Å². The molecule has 18 heavy (non-hydrogen) atoms. The van der Waals surface area contributed by atoms with Crippen LogP contribution in [0, 0.1) is 10.1 Å². The minimum Gasteiger partial charge on any atom is -0.469 e. The van der Waals surface area contributed by atoms with Crippen LogP contribution in [0.15, 0.2) is 47.3 Å². The molecule has 0 fully saturated rings. The van der Waals surface area contributed by atoms with Crippen molar-refractivity contribution in [3.05, 3.63) is 53.0 Å². The van der Waals surface area contributed by atoms with Crippen LogP contribution >= 0.6 is 0 Å². The fraction of sp³-hybridized carbons (Fsp3) is 0. The van der Waals surface area contributed by atoms with E-state index in [9.17, 15) is 14.9 Å². The highest BCUT2D eigenvalue weighted by Crippen LogP contribution is 2.18. The van der Waals surface area contributed by atoms with E-state index in [1.54, 1.807) is 0 Å². The van der Waals surface area contributed by atoms with Crippen molar-refractivity contribution in [3.8, 4) is 11.5 Å². The molecule has 0 atom stereocenters. The maximum atomic E-state index is 11.3. The van der Waals surface area contributed by atoms with Crippen LogP contribution in [0.3, 0.4) is 0 Å². The molecule has 0 amide bonds. The SMILES string of the molecule is O=C(Oc1ccc([N+](=O)[O-])cc1)Oc1ccoc1. The molecule has 0 aliphatic heterocycles. The Morgan fingerprint density at radius 3 is 2.33 bits per heavy atom. The minimum atomic E-state index is -0.953. The first kappa shape index (κ1) is 11.6. The van der Waals surface area contributed by atoms with Crippen molar-refractivity contribution in [1.29, 1.82) is 0 Å². The molecule has 1 aromatic heterocycles. The summed E-state index contributed by atoms with van der Waals surface area (Å²) in [7, 11) is 0. The number of carbonyl (C=O) groups excluding carboxylic acids is 1. The Labute approximate surface area is 101 Å². The molecule has 0 unspecified atom stereocenters. The predicted molar refractivity (Wildman–Crippen MR) is 58.5 cm³/mol. The van der Waals surface area contributed by atoms with Crippen LogP contribution in [0.2, 0.25) is 0 Å². The molecule has 0 saturated carbocycles. The minimum absolute atomic E-state index is 0.0921. The van der Waals surface area contributed by atoms with Crippen LogP contribution in [-0.4, -0.2) is 11.1 Å². The third kappa shape index (κ3) is 2.85. The van der Waals surface area contributed by atoms with E-state index in [1.807, 2.05) is 0 Å². The average molecular weight is 249 g/mol. The van der Waals surface area contributed by atoms with Gasteiger partial charge in [-0.1, -0.05) is 0 Å². The smallest absolute Gasteiger partial charge is 0.469 e. The Kier molecular flexibility index (Phi) is 3.24. The zero-order valence-electron chi connectivity index (χ0n) is 8.94. The van der Waals surface area contributed by atoms with Gasteiger partial charge in [0, 0.05) is 18.2 Å². The zero-order chi connectivity index (χ0) is 13.0. The molecule has 0 aliphatic carbocycles. The summed E-state index contributed by atoms with van der Waals surface area (Å²) >= 11 is 0. The summed E-state index contributed by atoms with van der Waals surface area (Å²) in [4.78, 5) is 21.1. The van der Waals surface area contributed by atoms with Crippen molar-refractivity contribution >= 4 is 11.8 Å². The van der Waals surface area contributed by atoms with E-state index in [4.69, 9.17) is 13.9 Å². The molecule has 0 N–H and O–H groups in total. The predicted octanol–water partition coefficient (Wildman–Crippen LogP) is 2.77. The lowest BCUT2D eigenvalue weighted by atomic mass is 10.3. The molecule has 92 valence electrons. The van der Waals surface area contributed by atoms with Gasteiger partial charge in [0.1, 0.15) is 12.0 Å². The molecule has 0 saturated heterocycles. The number of hydrogen-bond acceptors (Lipinski definition) is 6. The summed E-state index contributed by atoms with van der Waals surface area (Å²) in [5.74, 6) is 0.357. The van der Waals surface area contributed by atoms with Gasteiger partial charge in [0.05, 0.1) is 11.2 Å². The number of non-ortho nitro benzene ring substituents is 1. The molecular formula is C11H7NO6. The maximum absolute atomic E-state index is 11.3. The Morgan fingerprint density at radius 2 is 1.78 bits per heavy atom. The van der Waals surface area contributed by atoms with E-state index in [1.165, 1.54) is 42.9 Å². The number of ether oxygens (including phenoxy) is 2. The number of hydrogen-bond donors (Lipinski definition) is 0. The quantitative estimate of drug-likeness (QED) is 0.359. The van der Waals surface area contributed by atoms with E-state index >= 15 is 0 Å². The maximum Gasteiger partial charge on any atom is 0.519 e. The van der Waals surface area contributed by atoms with Crippen molar-refractivity contribution in [3.63, 3.8) is 0 Å². The average Bonchev–Trinajstić information content (AvgIpc) is 2.82. The number of nitro groups is 1. The van der Waals surface area contributed by atoms with Crippen LogP contribution in [0.5, 0.6) is 11.5 Å². The summed E-state index contributed by atoms with van der Waals surface area (Å²) in [6, 6.07) is 6.49. The second-order valence-corrected chi connectivity index (χ2v) is 3.16. The fourth-order valence-corrected chi connectivity index (χ4v) is 1.16. The highest BCUT2D eigenvalue weighted by atomic mass is 16.7. The molecule has 7 nitrogen and oxygen atoms in total. The molecule has 2 aromatic rings. The molecule has 0 bridgehead atoms. The van der Waals surface area contributed by atoms with E-state index in [2.05, 4.69) is 0 Å². The standard InChI is InChI=1S/C11H7NO6/c13-11(18-10-5-6-16-7-10)17-9-3-1-8(2-4-9)12(14)15/h1-7H. The highest BCUT2D eigenvalue weighted by molar-refractivity contribution is 5.66. The fourth-order valence-electron chi connectivity index (χ4n) is 1.16. The molecule has 0 aliphatic rings. The normalized spacial score (nSPS) is 9.78. The van der Waals surface area contributed by atoms with Gasteiger partial charge in [0.2, 0.25) is 0 Å². The number of benzene rings is 1. The molecule has 0 radical (unpaired) electrons. The van der Waals surface area contributed by atoms with Crippen molar-refractivity contribution in [2.24, 2.45) is 0 Å².